The fourth-order valence-electron chi connectivity index (χ4n) is 2.50. The average molecular weight is 628 g/mol. The van der Waals surface area contributed by atoms with E-state index in [2.05, 4.69) is 0 Å². The van der Waals surface area contributed by atoms with Crippen LogP contribution < -0.4 is 0 Å². The Morgan fingerprint density at radius 1 is 0.275 bits per heavy atom. The van der Waals surface area contributed by atoms with Crippen LogP contribution in [0, 0.1) is 0 Å². The van der Waals surface area contributed by atoms with Gasteiger partial charge in [-0.3, -0.25) is 0 Å². The molecule has 0 saturated carbocycles. The monoisotopic (exact) mass is 628 g/mol. The first kappa shape index (κ1) is 44.9. The van der Waals surface area contributed by atoms with Crippen molar-refractivity contribution in [1.29, 1.82) is 0 Å². The Morgan fingerprint density at radius 2 is 0.400 bits per heavy atom. The molecule has 0 radical (unpaired) electrons. The van der Waals surface area contributed by atoms with E-state index in [-0.39, 0.29) is 54.4 Å². The fourth-order valence-corrected chi connectivity index (χ4v) is 2.50. The van der Waals surface area contributed by atoms with Gasteiger partial charge in [-0.15, -0.1) is 0 Å². The topological polar surface area (TPSA) is 225 Å². The van der Waals surface area contributed by atoms with Gasteiger partial charge < -0.3 is 51.8 Å². The molecule has 0 aliphatic heterocycles. The van der Waals surface area contributed by atoms with Crippen molar-refractivity contribution in [1.82, 2.24) is 0 Å². The van der Waals surface area contributed by atoms with Gasteiger partial charge in [0.25, 0.3) is 0 Å². The van der Waals surface area contributed by atoms with Crippen LogP contribution >= 0.6 is 0 Å². The quantitative estimate of drug-likeness (QED) is 0.120. The van der Waals surface area contributed by atoms with Gasteiger partial charge in [-0.2, -0.15) is 0 Å². The zero-order chi connectivity index (χ0) is 26.8. The standard InChI is InChI=1S/4C7H8O2.2H2O.2Ti/c4*8-7(9)6-4-2-1-3-5-6;;;;/h4*1-5,7-9H;2*1H2;;. The Balaban J connectivity index is -0.000000209. The van der Waals surface area contributed by atoms with Crippen molar-refractivity contribution < 1.29 is 95.2 Å². The van der Waals surface area contributed by atoms with E-state index >= 15 is 0 Å². The second-order valence-corrected chi connectivity index (χ2v) is 7.14. The summed E-state index contributed by atoms with van der Waals surface area (Å²) in [4.78, 5) is 0. The fraction of sp³-hybridized carbons (Fsp3) is 0.143. The molecule has 4 aromatic rings. The summed E-state index contributed by atoms with van der Waals surface area (Å²) in [5.41, 5.74) is 2.10. The molecule has 40 heavy (non-hydrogen) atoms. The molecule has 4 rings (SSSR count). The molecule has 0 saturated heterocycles. The normalized spacial score (nSPS) is 9.10. The second kappa shape index (κ2) is 27.1. The molecule has 0 spiro atoms. The average Bonchev–Trinajstić information content (AvgIpc) is 2.92. The SMILES string of the molecule is O.O.OC(O)c1ccccc1.OC(O)c1ccccc1.OC(O)c1ccccc1.OC(O)c1ccccc1.[Ti].[Ti]. The molecule has 10 nitrogen and oxygen atoms in total. The number of rotatable bonds is 4. The predicted octanol–water partition coefficient (Wildman–Crippen LogP) is 1.02. The van der Waals surface area contributed by atoms with E-state index in [0.717, 1.165) is 0 Å². The van der Waals surface area contributed by atoms with Crippen LogP contribution in [0.15, 0.2) is 121 Å². The van der Waals surface area contributed by atoms with E-state index in [4.69, 9.17) is 40.9 Å². The predicted molar refractivity (Wildman–Crippen MR) is 142 cm³/mol. The van der Waals surface area contributed by atoms with Crippen molar-refractivity contribution in [2.75, 3.05) is 0 Å². The zero-order valence-corrected chi connectivity index (χ0v) is 24.6. The van der Waals surface area contributed by atoms with Gasteiger partial charge in [-0.25, -0.2) is 0 Å². The molecule has 216 valence electrons. The molecule has 0 aliphatic carbocycles. The zero-order valence-electron chi connectivity index (χ0n) is 21.4. The van der Waals surface area contributed by atoms with E-state index < -0.39 is 25.2 Å². The number of aliphatic hydroxyl groups excluding tert-OH is 4. The first-order valence-corrected chi connectivity index (χ1v) is 10.9. The van der Waals surface area contributed by atoms with Crippen molar-refractivity contribution in [2.45, 2.75) is 25.2 Å². The number of aliphatic hydroxyl groups is 8. The number of benzene rings is 4. The van der Waals surface area contributed by atoms with Gasteiger partial charge in [0.2, 0.25) is 0 Å². The van der Waals surface area contributed by atoms with E-state index in [0.29, 0.717) is 22.3 Å². The Bertz CT molecular complexity index is 868. The van der Waals surface area contributed by atoms with Gasteiger partial charge in [-0.05, 0) is 0 Å². The molecule has 12 heteroatoms. The van der Waals surface area contributed by atoms with Gasteiger partial charge in [0.1, 0.15) is 0 Å². The third kappa shape index (κ3) is 20.8. The number of hydrogen-bond donors (Lipinski definition) is 8. The molecule has 0 unspecified atom stereocenters. The van der Waals surface area contributed by atoms with Crippen LogP contribution in [0.1, 0.15) is 47.4 Å². The third-order valence-corrected chi connectivity index (χ3v) is 4.39. The van der Waals surface area contributed by atoms with Crippen molar-refractivity contribution in [2.24, 2.45) is 0 Å². The first-order valence-electron chi connectivity index (χ1n) is 10.9. The van der Waals surface area contributed by atoms with Crippen LogP contribution in [0.2, 0.25) is 0 Å². The van der Waals surface area contributed by atoms with E-state index in [1.165, 1.54) is 0 Å². The minimum absolute atomic E-state index is 0. The maximum Gasteiger partial charge on any atom is 0.178 e. The first-order chi connectivity index (χ1) is 17.2. The Labute approximate surface area is 262 Å². The summed E-state index contributed by atoms with van der Waals surface area (Å²) in [7, 11) is 0. The van der Waals surface area contributed by atoms with Gasteiger partial charge in [-0.1, -0.05) is 121 Å². The summed E-state index contributed by atoms with van der Waals surface area (Å²) in [6.07, 6.45) is -5.37. The summed E-state index contributed by atoms with van der Waals surface area (Å²) >= 11 is 0. The van der Waals surface area contributed by atoms with Crippen molar-refractivity contribution in [3.05, 3.63) is 144 Å². The number of hydrogen-bond acceptors (Lipinski definition) is 8. The van der Waals surface area contributed by atoms with E-state index in [9.17, 15) is 0 Å². The molecule has 0 bridgehead atoms. The molecule has 0 atom stereocenters. The van der Waals surface area contributed by atoms with Crippen molar-refractivity contribution in [3.63, 3.8) is 0 Å². The second-order valence-electron chi connectivity index (χ2n) is 7.14. The van der Waals surface area contributed by atoms with Gasteiger partial charge in [0.15, 0.2) is 25.2 Å². The molecule has 0 aromatic heterocycles. The van der Waals surface area contributed by atoms with Gasteiger partial charge in [0, 0.05) is 65.7 Å². The summed E-state index contributed by atoms with van der Waals surface area (Å²) in [5, 5.41) is 68.6. The van der Waals surface area contributed by atoms with Crippen molar-refractivity contribution >= 4 is 0 Å². The smallest absolute Gasteiger partial charge is 0.178 e. The largest absolute Gasteiger partial charge is 0.412 e. The van der Waals surface area contributed by atoms with Crippen LogP contribution in [0.5, 0.6) is 0 Å². The van der Waals surface area contributed by atoms with E-state index in [1.807, 2.05) is 24.3 Å². The maximum atomic E-state index is 8.58. The summed E-state index contributed by atoms with van der Waals surface area (Å²) in [5.74, 6) is 0. The minimum atomic E-state index is -1.34. The minimum Gasteiger partial charge on any atom is -0.412 e. The maximum absolute atomic E-state index is 8.58. The molecular weight excluding hydrogens is 592 g/mol. The third-order valence-electron chi connectivity index (χ3n) is 4.39. The Hall–Kier alpha value is -2.09. The van der Waals surface area contributed by atoms with Crippen LogP contribution in [0.25, 0.3) is 0 Å². The summed E-state index contributed by atoms with van der Waals surface area (Å²) in [6.45, 7) is 0. The molecule has 0 fully saturated rings. The molecule has 12 N–H and O–H groups in total. The Morgan fingerprint density at radius 3 is 0.475 bits per heavy atom. The molecular formula is C28H36O10Ti2. The van der Waals surface area contributed by atoms with Crippen LogP contribution in [-0.2, 0) is 43.4 Å². The molecule has 0 aliphatic rings. The van der Waals surface area contributed by atoms with Crippen molar-refractivity contribution in [3.8, 4) is 0 Å². The molecule has 0 amide bonds. The molecule has 4 aromatic carbocycles. The van der Waals surface area contributed by atoms with Gasteiger partial charge >= 0.3 is 0 Å². The van der Waals surface area contributed by atoms with Crippen LogP contribution in [0.3, 0.4) is 0 Å². The van der Waals surface area contributed by atoms with E-state index in [1.54, 1.807) is 97.1 Å². The van der Waals surface area contributed by atoms with Crippen LogP contribution in [-0.4, -0.2) is 51.8 Å². The van der Waals surface area contributed by atoms with Crippen LogP contribution in [0.4, 0.5) is 0 Å². The molecule has 0 heterocycles. The summed E-state index contributed by atoms with van der Waals surface area (Å²) < 4.78 is 0. The summed E-state index contributed by atoms with van der Waals surface area (Å²) in [6, 6.07) is 34.6. The Kier molecular flexibility index (Phi) is 30.4. The van der Waals surface area contributed by atoms with Gasteiger partial charge in [0.05, 0.1) is 0 Å².